The van der Waals surface area contributed by atoms with E-state index in [4.69, 9.17) is 10.00 Å². The average molecular weight is 300 g/mol. The summed E-state index contributed by atoms with van der Waals surface area (Å²) in [5.74, 6) is 1.20. The van der Waals surface area contributed by atoms with Gasteiger partial charge in [0.2, 0.25) is 0 Å². The number of hydrogen-bond donors (Lipinski definition) is 0. The number of nitriles is 1. The predicted octanol–water partition coefficient (Wildman–Crippen LogP) is 4.38. The van der Waals surface area contributed by atoms with Crippen LogP contribution in [0, 0.1) is 25.2 Å². The summed E-state index contributed by atoms with van der Waals surface area (Å²) < 4.78 is 5.82. The molecule has 3 nitrogen and oxygen atoms in total. The molecule has 1 heterocycles. The van der Waals surface area contributed by atoms with E-state index in [2.05, 4.69) is 50.9 Å². The SMILES string of the molecule is Cc1ccc(OCCc2nc(C(C)C)c(C#N)s2)c(C)c1. The van der Waals surface area contributed by atoms with Crippen molar-refractivity contribution in [2.45, 2.75) is 40.0 Å². The molecule has 0 spiro atoms. The molecule has 0 atom stereocenters. The minimum Gasteiger partial charge on any atom is -0.493 e. The molecule has 0 amide bonds. The zero-order valence-electron chi connectivity index (χ0n) is 12.9. The number of rotatable bonds is 5. The molecule has 4 heteroatoms. The number of benzene rings is 1. The Balaban J connectivity index is 1.99. The molecule has 0 saturated carbocycles. The minimum atomic E-state index is 0.282. The molecule has 110 valence electrons. The van der Waals surface area contributed by atoms with Crippen molar-refractivity contribution in [2.24, 2.45) is 0 Å². The van der Waals surface area contributed by atoms with E-state index >= 15 is 0 Å². The summed E-state index contributed by atoms with van der Waals surface area (Å²) in [4.78, 5) is 5.29. The molecular weight excluding hydrogens is 280 g/mol. The third-order valence-corrected chi connectivity index (χ3v) is 4.29. The summed E-state index contributed by atoms with van der Waals surface area (Å²) in [7, 11) is 0. The van der Waals surface area contributed by atoms with Crippen molar-refractivity contribution in [1.29, 1.82) is 5.26 Å². The van der Waals surface area contributed by atoms with E-state index in [9.17, 15) is 0 Å². The maximum Gasteiger partial charge on any atom is 0.128 e. The Bertz CT molecular complexity index is 668. The van der Waals surface area contributed by atoms with Gasteiger partial charge in [0.05, 0.1) is 17.3 Å². The second kappa shape index (κ2) is 6.73. The fourth-order valence-electron chi connectivity index (χ4n) is 2.17. The van der Waals surface area contributed by atoms with E-state index in [1.54, 1.807) is 0 Å². The van der Waals surface area contributed by atoms with Crippen LogP contribution in [0.5, 0.6) is 5.75 Å². The van der Waals surface area contributed by atoms with Crippen LogP contribution in [0.15, 0.2) is 18.2 Å². The number of thiazole rings is 1. The van der Waals surface area contributed by atoms with Crippen LogP contribution in [0.25, 0.3) is 0 Å². The number of aryl methyl sites for hydroxylation is 2. The van der Waals surface area contributed by atoms with Gasteiger partial charge < -0.3 is 4.74 Å². The molecule has 0 saturated heterocycles. The monoisotopic (exact) mass is 300 g/mol. The number of hydrogen-bond acceptors (Lipinski definition) is 4. The lowest BCUT2D eigenvalue weighted by molar-refractivity contribution is 0.319. The molecule has 0 bridgehead atoms. The maximum absolute atomic E-state index is 9.14. The van der Waals surface area contributed by atoms with Crippen molar-refractivity contribution in [3.63, 3.8) is 0 Å². The molecule has 0 aliphatic heterocycles. The van der Waals surface area contributed by atoms with Crippen LogP contribution in [0.2, 0.25) is 0 Å². The van der Waals surface area contributed by atoms with Gasteiger partial charge in [0.25, 0.3) is 0 Å². The highest BCUT2D eigenvalue weighted by Crippen LogP contribution is 2.25. The molecule has 2 aromatic rings. The Morgan fingerprint density at radius 2 is 2.10 bits per heavy atom. The number of aromatic nitrogens is 1. The molecule has 1 aromatic carbocycles. The third kappa shape index (κ3) is 3.83. The van der Waals surface area contributed by atoms with Crippen LogP contribution in [0.3, 0.4) is 0 Å². The van der Waals surface area contributed by atoms with E-state index in [-0.39, 0.29) is 5.92 Å². The third-order valence-electron chi connectivity index (χ3n) is 3.25. The summed E-state index contributed by atoms with van der Waals surface area (Å²) in [6.07, 6.45) is 0.735. The summed E-state index contributed by atoms with van der Waals surface area (Å²) >= 11 is 1.48. The lowest BCUT2D eigenvalue weighted by atomic mass is 10.1. The van der Waals surface area contributed by atoms with Crippen molar-refractivity contribution >= 4 is 11.3 Å². The van der Waals surface area contributed by atoms with E-state index in [0.29, 0.717) is 6.61 Å². The van der Waals surface area contributed by atoms with E-state index < -0.39 is 0 Å². The van der Waals surface area contributed by atoms with Crippen LogP contribution in [-0.4, -0.2) is 11.6 Å². The van der Waals surface area contributed by atoms with Gasteiger partial charge in [-0.25, -0.2) is 4.98 Å². The van der Waals surface area contributed by atoms with E-state index in [1.165, 1.54) is 16.9 Å². The standard InChI is InChI=1S/C17H20N2OS/c1-11(2)17-15(10-18)21-16(19-17)7-8-20-14-6-5-12(3)9-13(14)4/h5-6,9,11H,7-8H2,1-4H3. The lowest BCUT2D eigenvalue weighted by Crippen LogP contribution is -2.02. The molecule has 2 rings (SSSR count). The lowest BCUT2D eigenvalue weighted by Gasteiger charge is -2.08. The summed E-state index contributed by atoms with van der Waals surface area (Å²) in [6, 6.07) is 8.41. The van der Waals surface area contributed by atoms with Crippen molar-refractivity contribution in [3.8, 4) is 11.8 Å². The fraction of sp³-hybridized carbons (Fsp3) is 0.412. The Labute approximate surface area is 130 Å². The van der Waals surface area contributed by atoms with Crippen molar-refractivity contribution in [1.82, 2.24) is 4.98 Å². The van der Waals surface area contributed by atoms with Crippen LogP contribution >= 0.6 is 11.3 Å². The van der Waals surface area contributed by atoms with Crippen LogP contribution in [0.1, 0.15) is 46.5 Å². The Morgan fingerprint density at radius 1 is 1.33 bits per heavy atom. The highest BCUT2D eigenvalue weighted by Gasteiger charge is 2.13. The first-order chi connectivity index (χ1) is 10.0. The molecule has 21 heavy (non-hydrogen) atoms. The first-order valence-electron chi connectivity index (χ1n) is 7.11. The van der Waals surface area contributed by atoms with Gasteiger partial charge in [-0.1, -0.05) is 31.5 Å². The van der Waals surface area contributed by atoms with Gasteiger partial charge in [0.1, 0.15) is 16.7 Å². The quantitative estimate of drug-likeness (QED) is 0.823. The van der Waals surface area contributed by atoms with Gasteiger partial charge in [-0.15, -0.1) is 11.3 Å². The first-order valence-corrected chi connectivity index (χ1v) is 7.92. The Morgan fingerprint density at radius 3 is 2.67 bits per heavy atom. The molecule has 0 aliphatic carbocycles. The molecule has 0 radical (unpaired) electrons. The Hall–Kier alpha value is -1.86. The second-order valence-electron chi connectivity index (χ2n) is 5.46. The fourth-order valence-corrected chi connectivity index (χ4v) is 3.16. The molecule has 0 fully saturated rings. The van der Waals surface area contributed by atoms with E-state index in [0.717, 1.165) is 33.3 Å². The van der Waals surface area contributed by atoms with Crippen molar-refractivity contribution in [2.75, 3.05) is 6.61 Å². The number of nitrogens with zero attached hydrogens (tertiary/aromatic N) is 2. The highest BCUT2D eigenvalue weighted by atomic mass is 32.1. The predicted molar refractivity (Wildman–Crippen MR) is 86.0 cm³/mol. The molecule has 0 N–H and O–H groups in total. The van der Waals surface area contributed by atoms with Gasteiger partial charge in [0, 0.05) is 6.42 Å². The summed E-state index contributed by atoms with van der Waals surface area (Å²) in [5, 5.41) is 10.1. The first kappa shape index (κ1) is 15.5. The van der Waals surface area contributed by atoms with Gasteiger partial charge in [-0.05, 0) is 31.4 Å². The molecule has 0 unspecified atom stereocenters. The zero-order chi connectivity index (χ0) is 15.4. The smallest absolute Gasteiger partial charge is 0.128 e. The van der Waals surface area contributed by atoms with Gasteiger partial charge in [-0.2, -0.15) is 5.26 Å². The van der Waals surface area contributed by atoms with Crippen molar-refractivity contribution in [3.05, 3.63) is 44.9 Å². The minimum absolute atomic E-state index is 0.282. The van der Waals surface area contributed by atoms with Crippen LogP contribution in [-0.2, 0) is 6.42 Å². The topological polar surface area (TPSA) is 45.9 Å². The highest BCUT2D eigenvalue weighted by molar-refractivity contribution is 7.12. The number of ether oxygens (including phenoxy) is 1. The average Bonchev–Trinajstić information content (AvgIpc) is 2.85. The van der Waals surface area contributed by atoms with Crippen molar-refractivity contribution < 1.29 is 4.74 Å². The normalized spacial score (nSPS) is 10.7. The van der Waals surface area contributed by atoms with E-state index in [1.807, 2.05) is 6.07 Å². The van der Waals surface area contributed by atoms with Gasteiger partial charge in [0.15, 0.2) is 0 Å². The second-order valence-corrected chi connectivity index (χ2v) is 6.54. The van der Waals surface area contributed by atoms with Gasteiger partial charge in [-0.3, -0.25) is 0 Å². The molecular formula is C17H20N2OS. The summed E-state index contributed by atoms with van der Waals surface area (Å²) in [5.41, 5.74) is 3.29. The molecule has 0 aliphatic rings. The van der Waals surface area contributed by atoms with Crippen LogP contribution < -0.4 is 4.74 Å². The maximum atomic E-state index is 9.14. The summed E-state index contributed by atoms with van der Waals surface area (Å²) in [6.45, 7) is 8.83. The molecule has 1 aromatic heterocycles. The van der Waals surface area contributed by atoms with Gasteiger partial charge >= 0.3 is 0 Å². The zero-order valence-corrected chi connectivity index (χ0v) is 13.8. The van der Waals surface area contributed by atoms with Crippen LogP contribution in [0.4, 0.5) is 0 Å². The Kier molecular flexibility index (Phi) is 4.98. The largest absolute Gasteiger partial charge is 0.493 e.